The molecule has 18 heavy (non-hydrogen) atoms. The van der Waals surface area contributed by atoms with Gasteiger partial charge in [0.15, 0.2) is 11.9 Å². The van der Waals surface area contributed by atoms with Crippen LogP contribution in [0.15, 0.2) is 42.8 Å². The lowest BCUT2D eigenvalue weighted by Crippen LogP contribution is -2.52. The summed E-state index contributed by atoms with van der Waals surface area (Å²) < 4.78 is 5.21. The minimum Gasteiger partial charge on any atom is -0.467 e. The van der Waals surface area contributed by atoms with Gasteiger partial charge in [0.25, 0.3) is 0 Å². The maximum atomic E-state index is 5.33. The lowest BCUT2D eigenvalue weighted by Gasteiger charge is -2.19. The van der Waals surface area contributed by atoms with Crippen molar-refractivity contribution >= 4 is 24.0 Å². The molecule has 1 aromatic heterocycles. The molecule has 1 aromatic rings. The fraction of sp³-hybridized carbons (Fsp3) is 0.200. The summed E-state index contributed by atoms with van der Waals surface area (Å²) in [6.45, 7) is 0.406. The van der Waals surface area contributed by atoms with E-state index >= 15 is 0 Å². The van der Waals surface area contributed by atoms with Gasteiger partial charge in [-0.1, -0.05) is 0 Å². The van der Waals surface area contributed by atoms with E-state index in [4.69, 9.17) is 10.3 Å². The summed E-state index contributed by atoms with van der Waals surface area (Å²) in [6.07, 6.45) is 3.08. The molecule has 1 atom stereocenters. The Morgan fingerprint density at radius 2 is 2.50 bits per heavy atom. The zero-order chi connectivity index (χ0) is 12.4. The van der Waals surface area contributed by atoms with E-state index in [1.807, 2.05) is 12.1 Å². The molecule has 0 fully saturated rings. The fourth-order valence-corrected chi connectivity index (χ4v) is 1.67. The average Bonchev–Trinajstić information content (AvgIpc) is 3.06. The highest BCUT2D eigenvalue weighted by Crippen LogP contribution is 2.10. The number of guanidine groups is 1. The fourth-order valence-electron chi connectivity index (χ4n) is 1.67. The molecule has 0 aromatic carbocycles. The highest BCUT2D eigenvalue weighted by molar-refractivity contribution is 6.24. The number of furan rings is 1. The van der Waals surface area contributed by atoms with E-state index in [0.717, 1.165) is 5.76 Å². The van der Waals surface area contributed by atoms with Crippen LogP contribution in [0.25, 0.3) is 0 Å². The number of nitrogens with zero attached hydrogens (tertiary/aromatic N) is 4. The van der Waals surface area contributed by atoms with Crippen LogP contribution in [-0.2, 0) is 6.54 Å². The average molecular weight is 245 g/mol. The van der Waals surface area contributed by atoms with Gasteiger partial charge in [0, 0.05) is 0 Å². The molecule has 3 heterocycles. The summed E-state index contributed by atoms with van der Waals surface area (Å²) in [7, 11) is 0. The van der Waals surface area contributed by atoms with Crippen LogP contribution >= 0.6 is 0 Å². The Hall–Kier alpha value is -2.48. The predicted octanol–water partition coefficient (Wildman–Crippen LogP) is -0.590. The van der Waals surface area contributed by atoms with Gasteiger partial charge in [-0.2, -0.15) is 4.99 Å². The van der Waals surface area contributed by atoms with Crippen LogP contribution in [0.4, 0.5) is 0 Å². The van der Waals surface area contributed by atoms with E-state index in [0.29, 0.717) is 24.2 Å². The minimum atomic E-state index is -0.280. The molecule has 4 N–H and O–H groups in total. The number of amidine groups is 2. The SMILES string of the molecule is NNC1=NC(=NCc2ccco2)C2N=CN=C2N1. The number of hydrogen-bond acceptors (Lipinski definition) is 7. The van der Waals surface area contributed by atoms with Crippen LogP contribution in [0, 0.1) is 0 Å². The van der Waals surface area contributed by atoms with Gasteiger partial charge < -0.3 is 9.73 Å². The van der Waals surface area contributed by atoms with Crippen molar-refractivity contribution in [3.8, 4) is 0 Å². The molecule has 2 aliphatic rings. The molecule has 0 saturated heterocycles. The predicted molar refractivity (Wildman–Crippen MR) is 67.5 cm³/mol. The van der Waals surface area contributed by atoms with Crippen LogP contribution in [0.1, 0.15) is 5.76 Å². The summed E-state index contributed by atoms with van der Waals surface area (Å²) >= 11 is 0. The molecular formula is C10H11N7O. The van der Waals surface area contributed by atoms with Crippen LogP contribution in [0.3, 0.4) is 0 Å². The van der Waals surface area contributed by atoms with Crippen molar-refractivity contribution in [1.29, 1.82) is 0 Å². The maximum absolute atomic E-state index is 5.33. The molecule has 0 aliphatic carbocycles. The third-order valence-electron chi connectivity index (χ3n) is 2.50. The highest BCUT2D eigenvalue weighted by Gasteiger charge is 2.29. The standard InChI is InChI=1S/C10H11N7O/c11-17-10-15-8(7-9(16-10)14-5-13-7)12-4-6-2-1-3-18-6/h1-3,5,7H,4,11H2,(H2,12,13,14,15,16,17). The number of rotatable bonds is 2. The number of hydrogen-bond donors (Lipinski definition) is 3. The normalized spacial score (nSPS) is 23.4. The molecule has 3 rings (SSSR count). The Kier molecular flexibility index (Phi) is 2.61. The maximum Gasteiger partial charge on any atom is 0.217 e. The van der Waals surface area contributed by atoms with E-state index in [1.54, 1.807) is 6.26 Å². The Morgan fingerprint density at radius 1 is 1.56 bits per heavy atom. The first kappa shape index (κ1) is 10.7. The Labute approximate surface area is 102 Å². The van der Waals surface area contributed by atoms with Crippen LogP contribution < -0.4 is 16.6 Å². The van der Waals surface area contributed by atoms with Crippen molar-refractivity contribution in [2.45, 2.75) is 12.6 Å². The summed E-state index contributed by atoms with van der Waals surface area (Å²) in [5.41, 5.74) is 2.44. The van der Waals surface area contributed by atoms with Gasteiger partial charge in [-0.15, -0.1) is 0 Å². The molecule has 92 valence electrons. The molecule has 2 aliphatic heterocycles. The summed E-state index contributed by atoms with van der Waals surface area (Å²) in [4.78, 5) is 16.9. The second-order valence-electron chi connectivity index (χ2n) is 3.66. The lowest BCUT2D eigenvalue weighted by atomic mass is 10.2. The number of fused-ring (bicyclic) bond motifs is 1. The molecule has 1 unspecified atom stereocenters. The van der Waals surface area contributed by atoms with Gasteiger partial charge in [-0.05, 0) is 12.1 Å². The molecule has 0 spiro atoms. The van der Waals surface area contributed by atoms with Crippen LogP contribution in [-0.4, -0.2) is 30.0 Å². The monoisotopic (exact) mass is 245 g/mol. The van der Waals surface area contributed by atoms with Crippen LogP contribution in [0.5, 0.6) is 0 Å². The largest absolute Gasteiger partial charge is 0.467 e. The molecule has 8 nitrogen and oxygen atoms in total. The Bertz CT molecular complexity index is 555. The first-order valence-electron chi connectivity index (χ1n) is 5.35. The molecule has 0 radical (unpaired) electrons. The Morgan fingerprint density at radius 3 is 3.28 bits per heavy atom. The van der Waals surface area contributed by atoms with Crippen molar-refractivity contribution in [2.75, 3.05) is 0 Å². The second-order valence-corrected chi connectivity index (χ2v) is 3.66. The lowest BCUT2D eigenvalue weighted by molar-refractivity contribution is 0.512. The molecule has 8 heteroatoms. The van der Waals surface area contributed by atoms with E-state index in [2.05, 4.69) is 30.7 Å². The van der Waals surface area contributed by atoms with Crippen molar-refractivity contribution in [3.05, 3.63) is 24.2 Å². The minimum absolute atomic E-state index is 0.280. The smallest absolute Gasteiger partial charge is 0.217 e. The molecule has 0 saturated carbocycles. The third-order valence-corrected chi connectivity index (χ3v) is 2.50. The van der Waals surface area contributed by atoms with E-state index < -0.39 is 0 Å². The van der Waals surface area contributed by atoms with Crippen molar-refractivity contribution in [1.82, 2.24) is 10.7 Å². The summed E-state index contributed by atoms with van der Waals surface area (Å²) in [5.74, 6) is 7.70. The second kappa shape index (κ2) is 4.41. The van der Waals surface area contributed by atoms with Gasteiger partial charge in [0.1, 0.15) is 17.9 Å². The number of nitrogens with one attached hydrogen (secondary N) is 2. The van der Waals surface area contributed by atoms with Crippen molar-refractivity contribution in [2.24, 2.45) is 25.8 Å². The number of hydrazine groups is 1. The number of aliphatic imine (C=N–C) groups is 4. The van der Waals surface area contributed by atoms with Gasteiger partial charge in [0.2, 0.25) is 5.96 Å². The van der Waals surface area contributed by atoms with Crippen molar-refractivity contribution in [3.63, 3.8) is 0 Å². The third kappa shape index (κ3) is 1.89. The first-order valence-corrected chi connectivity index (χ1v) is 5.35. The van der Waals surface area contributed by atoms with Gasteiger partial charge in [-0.25, -0.2) is 10.8 Å². The van der Waals surface area contributed by atoms with Gasteiger partial charge >= 0.3 is 0 Å². The summed E-state index contributed by atoms with van der Waals surface area (Å²) in [5, 5.41) is 2.92. The zero-order valence-corrected chi connectivity index (χ0v) is 9.37. The van der Waals surface area contributed by atoms with E-state index in [1.165, 1.54) is 6.34 Å². The first-order chi connectivity index (χ1) is 8.86. The molecule has 0 bridgehead atoms. The van der Waals surface area contributed by atoms with Gasteiger partial charge in [0.05, 0.1) is 12.8 Å². The molecule has 0 amide bonds. The summed E-state index contributed by atoms with van der Waals surface area (Å²) in [6, 6.07) is 3.38. The zero-order valence-electron chi connectivity index (χ0n) is 9.37. The molecular weight excluding hydrogens is 234 g/mol. The van der Waals surface area contributed by atoms with Crippen molar-refractivity contribution < 1.29 is 4.42 Å². The topological polar surface area (TPSA) is 113 Å². The Balaban J connectivity index is 1.86. The highest BCUT2D eigenvalue weighted by atomic mass is 16.3. The van der Waals surface area contributed by atoms with E-state index in [9.17, 15) is 0 Å². The van der Waals surface area contributed by atoms with Gasteiger partial charge in [-0.3, -0.25) is 15.4 Å². The quantitative estimate of drug-likeness (QED) is 0.477. The van der Waals surface area contributed by atoms with E-state index in [-0.39, 0.29) is 6.04 Å². The van der Waals surface area contributed by atoms with Crippen LogP contribution in [0.2, 0.25) is 0 Å². The number of nitrogens with two attached hydrogens (primary N) is 1.